The molecule has 0 radical (unpaired) electrons. The minimum absolute atomic E-state index is 0.0135. The average Bonchev–Trinajstić information content (AvgIpc) is 3.59. The number of piperidine rings is 1. The van der Waals surface area contributed by atoms with Gasteiger partial charge >= 0.3 is 0 Å². The quantitative estimate of drug-likeness (QED) is 0.686. The number of H-pyrrole nitrogens is 1. The molecule has 1 aromatic heterocycles. The van der Waals surface area contributed by atoms with E-state index in [1.807, 2.05) is 23.1 Å². The molecule has 4 aliphatic heterocycles. The molecule has 4 aliphatic rings. The van der Waals surface area contributed by atoms with E-state index < -0.39 is 0 Å². The zero-order valence-corrected chi connectivity index (χ0v) is 21.4. The molecule has 0 bridgehead atoms. The molecule has 0 aliphatic carbocycles. The molecule has 5 heterocycles. The fraction of sp³-hybridized carbons (Fsp3) is 0.615. The molecule has 190 valence electrons. The standard InChI is InChI=1S/C16H17N3O3S.C10H19NO/c1-21-10-2-3-11-13(8-10)23-9-12-14(11)17-18-15(12)16(20)19-4-6-22-7-5-19;1-2-5-11(6-3-1)8-10-4-7-12-9-10/h2-3,8H,4-7,9H2,1H3,(H,17,18);10H,1-9H2. The van der Waals surface area contributed by atoms with Crippen molar-refractivity contribution in [2.24, 2.45) is 5.92 Å². The first-order valence-electron chi connectivity index (χ1n) is 12.8. The third-order valence-electron chi connectivity index (χ3n) is 7.18. The number of ether oxygens (including phenoxy) is 3. The Morgan fingerprint density at radius 2 is 1.97 bits per heavy atom. The number of hydrogen-bond donors (Lipinski definition) is 1. The molecule has 2 aromatic rings. The number of aromatic nitrogens is 2. The lowest BCUT2D eigenvalue weighted by Gasteiger charge is -2.28. The number of methoxy groups -OCH3 is 1. The van der Waals surface area contributed by atoms with Gasteiger partial charge in [-0.25, -0.2) is 0 Å². The van der Waals surface area contributed by atoms with Crippen molar-refractivity contribution in [3.05, 3.63) is 29.5 Å². The van der Waals surface area contributed by atoms with Gasteiger partial charge in [0.2, 0.25) is 0 Å². The summed E-state index contributed by atoms with van der Waals surface area (Å²) in [6, 6.07) is 5.94. The Kier molecular flexibility index (Phi) is 8.28. The molecule has 6 rings (SSSR count). The molecule has 1 unspecified atom stereocenters. The summed E-state index contributed by atoms with van der Waals surface area (Å²) in [6.45, 7) is 8.42. The van der Waals surface area contributed by atoms with Gasteiger partial charge in [0.25, 0.3) is 5.91 Å². The number of carbonyl (C=O) groups is 1. The predicted octanol–water partition coefficient (Wildman–Crippen LogP) is 3.67. The molecule has 8 nitrogen and oxygen atoms in total. The van der Waals surface area contributed by atoms with Crippen LogP contribution in [0.1, 0.15) is 41.7 Å². The van der Waals surface area contributed by atoms with Crippen LogP contribution in [-0.4, -0.2) is 92.2 Å². The van der Waals surface area contributed by atoms with Gasteiger partial charge in [0.15, 0.2) is 0 Å². The average molecular weight is 501 g/mol. The molecule has 9 heteroatoms. The van der Waals surface area contributed by atoms with Crippen LogP contribution in [0, 0.1) is 5.92 Å². The SMILES string of the molecule is C1CCN(CC2CCOC2)CC1.COc1ccc2c(c1)SCc1c-2n[nH]c1C(=O)N1CCOCC1. The highest BCUT2D eigenvalue weighted by Crippen LogP contribution is 2.43. The van der Waals surface area contributed by atoms with Gasteiger partial charge in [-0.3, -0.25) is 9.89 Å². The third-order valence-corrected chi connectivity index (χ3v) is 8.27. The molecule has 1 amide bonds. The molecule has 1 atom stereocenters. The number of rotatable bonds is 4. The Morgan fingerprint density at radius 3 is 2.71 bits per heavy atom. The van der Waals surface area contributed by atoms with E-state index in [0.717, 1.165) is 52.4 Å². The van der Waals surface area contributed by atoms with Crippen molar-refractivity contribution in [3.63, 3.8) is 0 Å². The van der Waals surface area contributed by atoms with E-state index >= 15 is 0 Å². The number of nitrogens with one attached hydrogen (secondary N) is 1. The van der Waals surface area contributed by atoms with Crippen LogP contribution in [0.2, 0.25) is 0 Å². The lowest BCUT2D eigenvalue weighted by Crippen LogP contribution is -2.41. The van der Waals surface area contributed by atoms with Crippen LogP contribution in [0.15, 0.2) is 23.1 Å². The number of morpholine rings is 1. The largest absolute Gasteiger partial charge is 0.497 e. The number of nitrogens with zero attached hydrogens (tertiary/aromatic N) is 3. The summed E-state index contributed by atoms with van der Waals surface area (Å²) < 4.78 is 16.0. The monoisotopic (exact) mass is 500 g/mol. The van der Waals surface area contributed by atoms with Crippen molar-refractivity contribution in [1.29, 1.82) is 0 Å². The van der Waals surface area contributed by atoms with E-state index in [0.29, 0.717) is 32.0 Å². The van der Waals surface area contributed by atoms with Gasteiger partial charge in [0.1, 0.15) is 11.4 Å². The fourth-order valence-corrected chi connectivity index (χ4v) is 6.26. The number of hydrogen-bond acceptors (Lipinski definition) is 7. The first-order valence-corrected chi connectivity index (χ1v) is 13.8. The van der Waals surface area contributed by atoms with E-state index in [1.165, 1.54) is 45.3 Å². The Hall–Kier alpha value is -2.07. The number of amides is 1. The summed E-state index contributed by atoms with van der Waals surface area (Å²) in [5.41, 5.74) is 3.52. The zero-order chi connectivity index (χ0) is 24.0. The van der Waals surface area contributed by atoms with Crippen molar-refractivity contribution in [3.8, 4) is 17.0 Å². The predicted molar refractivity (Wildman–Crippen MR) is 136 cm³/mol. The maximum atomic E-state index is 12.7. The maximum Gasteiger partial charge on any atom is 0.272 e. The van der Waals surface area contributed by atoms with Crippen molar-refractivity contribution in [2.75, 3.05) is 66.3 Å². The van der Waals surface area contributed by atoms with Gasteiger partial charge in [-0.05, 0) is 56.5 Å². The van der Waals surface area contributed by atoms with E-state index in [-0.39, 0.29) is 5.91 Å². The third kappa shape index (κ3) is 5.85. The topological polar surface area (TPSA) is 79.9 Å². The number of fused-ring (bicyclic) bond motifs is 3. The number of carbonyl (C=O) groups excluding carboxylic acids is 1. The van der Waals surface area contributed by atoms with E-state index in [2.05, 4.69) is 15.1 Å². The normalized spacial score (nSPS) is 22.1. The Labute approximate surface area is 211 Å². The summed E-state index contributed by atoms with van der Waals surface area (Å²) >= 11 is 1.71. The number of thioether (sulfide) groups is 1. The van der Waals surface area contributed by atoms with Gasteiger partial charge < -0.3 is 24.0 Å². The molecule has 3 fully saturated rings. The highest BCUT2D eigenvalue weighted by Gasteiger charge is 2.29. The number of aromatic amines is 1. The molecular formula is C26H36N4O4S. The van der Waals surface area contributed by atoms with Gasteiger partial charge in [0, 0.05) is 48.0 Å². The second-order valence-electron chi connectivity index (χ2n) is 9.57. The highest BCUT2D eigenvalue weighted by molar-refractivity contribution is 7.98. The van der Waals surface area contributed by atoms with Crippen LogP contribution < -0.4 is 4.74 Å². The van der Waals surface area contributed by atoms with Crippen LogP contribution in [0.25, 0.3) is 11.3 Å². The van der Waals surface area contributed by atoms with Crippen LogP contribution >= 0.6 is 11.8 Å². The van der Waals surface area contributed by atoms with Gasteiger partial charge in [-0.2, -0.15) is 5.10 Å². The van der Waals surface area contributed by atoms with E-state index in [4.69, 9.17) is 14.2 Å². The molecule has 1 aromatic carbocycles. The van der Waals surface area contributed by atoms with Crippen molar-refractivity contribution in [2.45, 2.75) is 36.3 Å². The first-order chi connectivity index (χ1) is 17.2. The summed E-state index contributed by atoms with van der Waals surface area (Å²) in [5.74, 6) is 2.42. The first kappa shape index (κ1) is 24.6. The summed E-state index contributed by atoms with van der Waals surface area (Å²) in [7, 11) is 1.66. The van der Waals surface area contributed by atoms with E-state index in [1.54, 1.807) is 18.9 Å². The molecule has 1 N–H and O–H groups in total. The molecule has 0 saturated carbocycles. The molecule has 0 spiro atoms. The van der Waals surface area contributed by atoms with Gasteiger partial charge in [0.05, 0.1) is 32.6 Å². The van der Waals surface area contributed by atoms with Crippen molar-refractivity contribution < 1.29 is 19.0 Å². The number of benzene rings is 1. The maximum absolute atomic E-state index is 12.7. The second kappa shape index (κ2) is 11.8. The zero-order valence-electron chi connectivity index (χ0n) is 20.6. The minimum atomic E-state index is 0.0135. The van der Waals surface area contributed by atoms with Crippen LogP contribution in [-0.2, 0) is 15.2 Å². The van der Waals surface area contributed by atoms with Crippen LogP contribution in [0.5, 0.6) is 5.75 Å². The fourth-order valence-electron chi connectivity index (χ4n) is 5.16. The lowest BCUT2D eigenvalue weighted by atomic mass is 10.1. The van der Waals surface area contributed by atoms with E-state index in [9.17, 15) is 4.79 Å². The van der Waals surface area contributed by atoms with Crippen LogP contribution in [0.3, 0.4) is 0 Å². The Morgan fingerprint density at radius 1 is 1.14 bits per heavy atom. The van der Waals surface area contributed by atoms with Crippen molar-refractivity contribution in [1.82, 2.24) is 20.0 Å². The Bertz CT molecular complexity index is 995. The lowest BCUT2D eigenvalue weighted by molar-refractivity contribution is 0.0298. The number of likely N-dealkylation sites (tertiary alicyclic amines) is 1. The Balaban J connectivity index is 0.000000178. The summed E-state index contributed by atoms with van der Waals surface area (Å²) in [6.07, 6.45) is 5.55. The van der Waals surface area contributed by atoms with Crippen LogP contribution in [0.4, 0.5) is 0 Å². The second-order valence-corrected chi connectivity index (χ2v) is 10.6. The smallest absolute Gasteiger partial charge is 0.272 e. The molecule has 35 heavy (non-hydrogen) atoms. The highest BCUT2D eigenvalue weighted by atomic mass is 32.2. The van der Waals surface area contributed by atoms with Crippen molar-refractivity contribution >= 4 is 17.7 Å². The molecule has 3 saturated heterocycles. The summed E-state index contributed by atoms with van der Waals surface area (Å²) in [5, 5.41) is 7.37. The van der Waals surface area contributed by atoms with Gasteiger partial charge in [-0.15, -0.1) is 11.8 Å². The van der Waals surface area contributed by atoms with Gasteiger partial charge in [-0.1, -0.05) is 6.42 Å². The summed E-state index contributed by atoms with van der Waals surface area (Å²) in [4.78, 5) is 18.3. The molecular weight excluding hydrogens is 464 g/mol. The minimum Gasteiger partial charge on any atom is -0.497 e.